The lowest BCUT2D eigenvalue weighted by Gasteiger charge is -2.15. The molecule has 0 spiro atoms. The van der Waals surface area contributed by atoms with Gasteiger partial charge in [-0.1, -0.05) is 24.3 Å². The Kier molecular flexibility index (Phi) is 6.17. The van der Waals surface area contributed by atoms with E-state index in [9.17, 15) is 22.8 Å². The van der Waals surface area contributed by atoms with Gasteiger partial charge in [-0.25, -0.2) is 13.2 Å². The van der Waals surface area contributed by atoms with Crippen LogP contribution in [0.2, 0.25) is 0 Å². The number of hydrogen-bond donors (Lipinski definition) is 1. The van der Waals surface area contributed by atoms with Gasteiger partial charge in [-0.15, -0.1) is 0 Å². The van der Waals surface area contributed by atoms with Crippen LogP contribution >= 0.6 is 0 Å². The number of halogens is 3. The van der Waals surface area contributed by atoms with Gasteiger partial charge in [0.25, 0.3) is 11.8 Å². The topological polar surface area (TPSA) is 58.6 Å². The molecule has 0 radical (unpaired) electrons. The smallest absolute Gasteiger partial charge is 0.278 e. The van der Waals surface area contributed by atoms with Crippen molar-refractivity contribution < 1.29 is 27.5 Å². The van der Waals surface area contributed by atoms with Crippen LogP contribution in [0.1, 0.15) is 18.1 Å². The number of nitrogens with one attached hydrogen (secondary N) is 1. The fourth-order valence-corrected chi connectivity index (χ4v) is 3.48. The number of rotatable bonds is 7. The van der Waals surface area contributed by atoms with Crippen molar-refractivity contribution in [3.05, 3.63) is 101 Å². The summed E-state index contributed by atoms with van der Waals surface area (Å²) >= 11 is 0. The van der Waals surface area contributed by atoms with E-state index in [-0.39, 0.29) is 23.5 Å². The second-order valence-electron chi connectivity index (χ2n) is 7.28. The van der Waals surface area contributed by atoms with E-state index in [0.29, 0.717) is 23.5 Å². The first-order chi connectivity index (χ1) is 15.9. The van der Waals surface area contributed by atoms with E-state index in [1.807, 2.05) is 6.92 Å². The summed E-state index contributed by atoms with van der Waals surface area (Å²) in [7, 11) is 0. The second-order valence-corrected chi connectivity index (χ2v) is 7.28. The van der Waals surface area contributed by atoms with E-state index in [4.69, 9.17) is 4.74 Å². The van der Waals surface area contributed by atoms with Crippen LogP contribution in [0.4, 0.5) is 18.9 Å². The normalized spacial score (nSPS) is 13.6. The first kappa shape index (κ1) is 22.1. The van der Waals surface area contributed by atoms with Gasteiger partial charge < -0.3 is 10.1 Å². The minimum Gasteiger partial charge on any atom is -0.494 e. The summed E-state index contributed by atoms with van der Waals surface area (Å²) in [5.74, 6) is -3.18. The maximum atomic E-state index is 13.7. The summed E-state index contributed by atoms with van der Waals surface area (Å²) in [5.41, 5.74) is 1.12. The zero-order chi connectivity index (χ0) is 23.5. The average Bonchev–Trinajstić information content (AvgIpc) is 3.03. The second kappa shape index (κ2) is 9.20. The lowest BCUT2D eigenvalue weighted by atomic mass is 10.0. The molecule has 5 nitrogen and oxygen atoms in total. The SMILES string of the molecule is CCOc1ccc(C2=C(Nc3ccc(F)c(F)c3)C(=O)N(Cc3ccc(F)cc3)C2=O)cc1. The molecule has 0 fully saturated rings. The van der Waals surface area contributed by atoms with Gasteiger partial charge in [0, 0.05) is 11.8 Å². The molecule has 2 amide bonds. The molecule has 8 heteroatoms. The number of carbonyl (C=O) groups is 2. The van der Waals surface area contributed by atoms with Gasteiger partial charge >= 0.3 is 0 Å². The summed E-state index contributed by atoms with van der Waals surface area (Å²) < 4.78 is 45.7. The number of imide groups is 1. The Hall–Kier alpha value is -4.07. The number of carbonyl (C=O) groups excluding carboxylic acids is 2. The van der Waals surface area contributed by atoms with Gasteiger partial charge in [0.1, 0.15) is 17.3 Å². The standard InChI is InChI=1S/C25H19F3N2O3/c1-2-33-19-10-5-16(6-11-19)22-23(29-18-9-12-20(27)21(28)13-18)25(32)30(24(22)31)14-15-3-7-17(26)8-4-15/h3-13,29H,2,14H2,1H3. The van der Waals surface area contributed by atoms with E-state index >= 15 is 0 Å². The van der Waals surface area contributed by atoms with Crippen LogP contribution in [0.5, 0.6) is 5.75 Å². The van der Waals surface area contributed by atoms with E-state index < -0.39 is 29.3 Å². The third-order valence-electron chi connectivity index (χ3n) is 5.06. The maximum Gasteiger partial charge on any atom is 0.278 e. The highest BCUT2D eigenvalue weighted by atomic mass is 19.2. The van der Waals surface area contributed by atoms with E-state index in [1.165, 1.54) is 30.3 Å². The highest BCUT2D eigenvalue weighted by Gasteiger charge is 2.39. The molecule has 1 aliphatic rings. The van der Waals surface area contributed by atoms with Gasteiger partial charge in [0.05, 0.1) is 18.7 Å². The Bertz CT molecular complexity index is 1240. The van der Waals surface area contributed by atoms with E-state index in [0.717, 1.165) is 17.0 Å². The van der Waals surface area contributed by atoms with Gasteiger partial charge in [-0.2, -0.15) is 0 Å². The number of benzene rings is 3. The molecule has 0 unspecified atom stereocenters. The van der Waals surface area contributed by atoms with Crippen molar-refractivity contribution >= 4 is 23.1 Å². The molecule has 0 saturated heterocycles. The fraction of sp³-hybridized carbons (Fsp3) is 0.120. The summed E-state index contributed by atoms with van der Waals surface area (Å²) in [6, 6.07) is 15.1. The third kappa shape index (κ3) is 4.59. The number of hydrogen-bond acceptors (Lipinski definition) is 4. The number of ether oxygens (including phenoxy) is 1. The zero-order valence-electron chi connectivity index (χ0n) is 17.6. The molecule has 1 aliphatic heterocycles. The maximum absolute atomic E-state index is 13.7. The number of amides is 2. The quantitative estimate of drug-likeness (QED) is 0.519. The Labute approximate surface area is 188 Å². The Balaban J connectivity index is 1.72. The van der Waals surface area contributed by atoms with Gasteiger partial charge in [-0.3, -0.25) is 14.5 Å². The molecule has 168 valence electrons. The van der Waals surface area contributed by atoms with E-state index in [1.54, 1.807) is 24.3 Å². The zero-order valence-corrected chi connectivity index (χ0v) is 17.6. The Morgan fingerprint density at radius 3 is 2.18 bits per heavy atom. The first-order valence-corrected chi connectivity index (χ1v) is 10.2. The summed E-state index contributed by atoms with van der Waals surface area (Å²) in [6.45, 7) is 2.22. The Morgan fingerprint density at radius 1 is 0.848 bits per heavy atom. The first-order valence-electron chi connectivity index (χ1n) is 10.2. The highest BCUT2D eigenvalue weighted by molar-refractivity contribution is 6.36. The molecule has 1 heterocycles. The Morgan fingerprint density at radius 2 is 1.55 bits per heavy atom. The van der Waals surface area contributed by atoms with Crippen molar-refractivity contribution in [1.29, 1.82) is 0 Å². The molecule has 1 N–H and O–H groups in total. The summed E-state index contributed by atoms with van der Waals surface area (Å²) in [5, 5.41) is 2.77. The van der Waals surface area contributed by atoms with Crippen LogP contribution < -0.4 is 10.1 Å². The molecule has 3 aromatic rings. The van der Waals surface area contributed by atoms with Crippen molar-refractivity contribution in [2.24, 2.45) is 0 Å². The molecule has 0 atom stereocenters. The van der Waals surface area contributed by atoms with Crippen LogP contribution in [0.15, 0.2) is 72.4 Å². The minimum atomic E-state index is -1.09. The number of nitrogens with zero attached hydrogens (tertiary/aromatic N) is 1. The minimum absolute atomic E-state index is 0.0720. The monoisotopic (exact) mass is 452 g/mol. The number of anilines is 1. The van der Waals surface area contributed by atoms with Crippen molar-refractivity contribution in [3.8, 4) is 5.75 Å². The third-order valence-corrected chi connectivity index (χ3v) is 5.06. The molecule has 0 bridgehead atoms. The highest BCUT2D eigenvalue weighted by Crippen LogP contribution is 2.32. The molecule has 0 aliphatic carbocycles. The molecule has 3 aromatic carbocycles. The van der Waals surface area contributed by atoms with Crippen LogP contribution in [0.25, 0.3) is 5.57 Å². The predicted octanol–water partition coefficient (Wildman–Crippen LogP) is 4.89. The lowest BCUT2D eigenvalue weighted by molar-refractivity contribution is -0.137. The van der Waals surface area contributed by atoms with Crippen LogP contribution in [-0.4, -0.2) is 23.3 Å². The van der Waals surface area contributed by atoms with E-state index in [2.05, 4.69) is 5.32 Å². The average molecular weight is 452 g/mol. The van der Waals surface area contributed by atoms with Crippen molar-refractivity contribution in [3.63, 3.8) is 0 Å². The molecule has 0 saturated carbocycles. The van der Waals surface area contributed by atoms with Crippen molar-refractivity contribution in [2.45, 2.75) is 13.5 Å². The van der Waals surface area contributed by atoms with Gasteiger partial charge in [0.2, 0.25) is 0 Å². The van der Waals surface area contributed by atoms with Gasteiger partial charge in [0.15, 0.2) is 11.6 Å². The molecule has 0 aromatic heterocycles. The van der Waals surface area contributed by atoms with Crippen LogP contribution in [0, 0.1) is 17.5 Å². The lowest BCUT2D eigenvalue weighted by Crippen LogP contribution is -2.32. The largest absolute Gasteiger partial charge is 0.494 e. The summed E-state index contributed by atoms with van der Waals surface area (Å²) in [6.07, 6.45) is 0. The predicted molar refractivity (Wildman–Crippen MR) is 116 cm³/mol. The van der Waals surface area contributed by atoms with Crippen molar-refractivity contribution in [1.82, 2.24) is 4.90 Å². The van der Waals surface area contributed by atoms with Crippen LogP contribution in [-0.2, 0) is 16.1 Å². The fourth-order valence-electron chi connectivity index (χ4n) is 3.48. The van der Waals surface area contributed by atoms with Crippen LogP contribution in [0.3, 0.4) is 0 Å². The molecule has 33 heavy (non-hydrogen) atoms. The summed E-state index contributed by atoms with van der Waals surface area (Å²) in [4.78, 5) is 27.5. The molecule has 4 rings (SSSR count). The molecular formula is C25H19F3N2O3. The van der Waals surface area contributed by atoms with Gasteiger partial charge in [-0.05, 0) is 54.4 Å². The molecular weight excluding hydrogens is 433 g/mol. The van der Waals surface area contributed by atoms with Crippen molar-refractivity contribution in [2.75, 3.05) is 11.9 Å².